The monoisotopic (exact) mass is 531 g/mol. The number of rotatable bonds is 7. The predicted octanol–water partition coefficient (Wildman–Crippen LogP) is -0.214. The van der Waals surface area contributed by atoms with Gasteiger partial charge in [0.15, 0.2) is 18.3 Å². The number of imidazole rings is 1. The molecule has 0 spiro atoms. The molecular formula is C20H21N9O5S2. The maximum atomic E-state index is 13.3. The zero-order valence-corrected chi connectivity index (χ0v) is 20.2. The SMILES string of the molecule is NC(=O)c1nc2c(-c3ccc(S(=O)(=O)N[C@H]4CCNC4)c(S(N)(=O)=O)c3C3=NCN=N3)cccc2[nH]1. The highest BCUT2D eigenvalue weighted by Gasteiger charge is 2.34. The molecule has 36 heavy (non-hydrogen) atoms. The first kappa shape index (κ1) is 24.1. The van der Waals surface area contributed by atoms with Crippen LogP contribution in [0.1, 0.15) is 22.6 Å². The first-order valence-corrected chi connectivity index (χ1v) is 13.7. The van der Waals surface area contributed by atoms with Crippen molar-refractivity contribution in [2.75, 3.05) is 19.8 Å². The van der Waals surface area contributed by atoms with Gasteiger partial charge >= 0.3 is 0 Å². The quantitative estimate of drug-likeness (QED) is 0.275. The van der Waals surface area contributed by atoms with Gasteiger partial charge in [-0.15, -0.1) is 5.11 Å². The van der Waals surface area contributed by atoms with Gasteiger partial charge in [0.25, 0.3) is 5.91 Å². The van der Waals surface area contributed by atoms with Crippen LogP contribution in [0.5, 0.6) is 0 Å². The molecule has 16 heteroatoms. The summed E-state index contributed by atoms with van der Waals surface area (Å²) >= 11 is 0. The number of sulfonamides is 2. The van der Waals surface area contributed by atoms with Gasteiger partial charge in [0, 0.05) is 18.2 Å². The molecule has 3 aromatic rings. The minimum atomic E-state index is -4.63. The number of carbonyl (C=O) groups is 1. The highest BCUT2D eigenvalue weighted by Crippen LogP contribution is 2.37. The number of nitrogens with two attached hydrogens (primary N) is 2. The number of primary amides is 1. The van der Waals surface area contributed by atoms with Crippen molar-refractivity contribution >= 4 is 42.8 Å². The molecular weight excluding hydrogens is 510 g/mol. The van der Waals surface area contributed by atoms with E-state index in [1.807, 2.05) is 0 Å². The number of aliphatic imine (C=N–C) groups is 1. The molecule has 14 nitrogen and oxygen atoms in total. The van der Waals surface area contributed by atoms with E-state index in [2.05, 4.69) is 35.2 Å². The third-order valence-electron chi connectivity index (χ3n) is 5.79. The van der Waals surface area contributed by atoms with Crippen molar-refractivity contribution in [1.82, 2.24) is 20.0 Å². The lowest BCUT2D eigenvalue weighted by molar-refractivity contribution is 0.0991. The summed E-state index contributed by atoms with van der Waals surface area (Å²) in [6, 6.07) is 7.11. The number of amides is 1. The zero-order valence-electron chi connectivity index (χ0n) is 18.6. The van der Waals surface area contributed by atoms with Crippen LogP contribution < -0.4 is 20.9 Å². The Morgan fingerprint density at radius 2 is 1.92 bits per heavy atom. The Morgan fingerprint density at radius 3 is 2.56 bits per heavy atom. The predicted molar refractivity (Wildman–Crippen MR) is 129 cm³/mol. The first-order chi connectivity index (χ1) is 17.1. The van der Waals surface area contributed by atoms with E-state index in [-0.39, 0.29) is 29.5 Å². The summed E-state index contributed by atoms with van der Waals surface area (Å²) in [6.07, 6.45) is 0.541. The largest absolute Gasteiger partial charge is 0.363 e. The smallest absolute Gasteiger partial charge is 0.284 e. The summed E-state index contributed by atoms with van der Waals surface area (Å²) in [5.74, 6) is -0.987. The van der Waals surface area contributed by atoms with Gasteiger partial charge in [-0.05, 0) is 30.7 Å². The number of carbonyl (C=O) groups excluding carboxylic acids is 1. The van der Waals surface area contributed by atoms with Crippen LogP contribution in [0.3, 0.4) is 0 Å². The maximum absolute atomic E-state index is 13.3. The van der Waals surface area contributed by atoms with Crippen molar-refractivity contribution in [2.45, 2.75) is 22.3 Å². The van der Waals surface area contributed by atoms with E-state index in [1.54, 1.807) is 18.2 Å². The molecule has 0 unspecified atom stereocenters. The molecule has 2 aromatic carbocycles. The van der Waals surface area contributed by atoms with Crippen molar-refractivity contribution < 1.29 is 21.6 Å². The second-order valence-electron chi connectivity index (χ2n) is 8.19. The number of amidine groups is 1. The Kier molecular flexibility index (Phi) is 5.92. The van der Waals surface area contributed by atoms with E-state index in [9.17, 15) is 21.6 Å². The average Bonchev–Trinajstić information content (AvgIpc) is 3.58. The number of benzene rings is 2. The van der Waals surface area contributed by atoms with Gasteiger partial charge in [0.1, 0.15) is 9.79 Å². The van der Waals surface area contributed by atoms with Crippen molar-refractivity contribution in [3.05, 3.63) is 41.7 Å². The van der Waals surface area contributed by atoms with E-state index < -0.39 is 41.8 Å². The van der Waals surface area contributed by atoms with Crippen LogP contribution in [0.4, 0.5) is 0 Å². The van der Waals surface area contributed by atoms with Crippen LogP contribution in [0.15, 0.2) is 55.3 Å². The standard InChI is InChI=1S/C20H21N9O5S2/c21-18(30)20-26-13-3-1-2-12(16(13)27-20)11-4-5-14(36(33,34)29-10-6-7-23-8-10)17(35(22,31)32)15(11)19-24-9-25-28-19/h1-5,10,23,29H,6-9H2,(H2,21,30)(H,26,27)(H2,22,31,32)/t10-/m0/s1. The minimum Gasteiger partial charge on any atom is -0.363 e. The molecule has 1 amide bonds. The third kappa shape index (κ3) is 4.28. The molecule has 1 aromatic heterocycles. The highest BCUT2D eigenvalue weighted by molar-refractivity contribution is 7.92. The summed E-state index contributed by atoms with van der Waals surface area (Å²) in [5, 5.41) is 16.4. The van der Waals surface area contributed by atoms with Crippen LogP contribution in [0, 0.1) is 0 Å². The van der Waals surface area contributed by atoms with E-state index in [4.69, 9.17) is 10.9 Å². The summed E-state index contributed by atoms with van der Waals surface area (Å²) in [6.45, 7) is 0.955. The fourth-order valence-electron chi connectivity index (χ4n) is 4.27. The Morgan fingerprint density at radius 1 is 1.11 bits per heavy atom. The average molecular weight is 532 g/mol. The van der Waals surface area contributed by atoms with Crippen LogP contribution in [0.25, 0.3) is 22.2 Å². The Bertz CT molecular complexity index is 1670. The lowest BCUT2D eigenvalue weighted by Gasteiger charge is -2.19. The van der Waals surface area contributed by atoms with E-state index in [0.717, 1.165) is 6.07 Å². The molecule has 1 saturated heterocycles. The van der Waals surface area contributed by atoms with Crippen LogP contribution in [0.2, 0.25) is 0 Å². The number of aromatic nitrogens is 2. The van der Waals surface area contributed by atoms with Crippen LogP contribution >= 0.6 is 0 Å². The van der Waals surface area contributed by atoms with Crippen LogP contribution in [-0.2, 0) is 20.0 Å². The number of aromatic amines is 1. The number of nitrogens with zero attached hydrogens (tertiary/aromatic N) is 4. The summed E-state index contributed by atoms with van der Waals surface area (Å²) in [5.41, 5.74) is 6.58. The number of azo groups is 1. The van der Waals surface area contributed by atoms with Crippen molar-refractivity contribution in [2.24, 2.45) is 26.1 Å². The van der Waals surface area contributed by atoms with E-state index in [0.29, 0.717) is 36.1 Å². The molecule has 0 saturated carbocycles. The lowest BCUT2D eigenvalue weighted by atomic mass is 9.97. The number of hydrogen-bond acceptors (Lipinski definition) is 10. The topological polar surface area (TPSA) is 227 Å². The van der Waals surface area contributed by atoms with Gasteiger partial charge in [-0.1, -0.05) is 18.2 Å². The fraction of sp³-hybridized carbons (Fsp3) is 0.250. The summed E-state index contributed by atoms with van der Waals surface area (Å²) < 4.78 is 55.1. The van der Waals surface area contributed by atoms with E-state index in [1.165, 1.54) is 6.07 Å². The number of primary sulfonamides is 1. The number of nitrogens with one attached hydrogen (secondary N) is 3. The van der Waals surface area contributed by atoms with E-state index >= 15 is 0 Å². The molecule has 1 atom stereocenters. The normalized spacial score (nSPS) is 18.1. The van der Waals surface area contributed by atoms with Crippen molar-refractivity contribution in [1.29, 1.82) is 0 Å². The molecule has 5 rings (SSSR count). The molecule has 3 heterocycles. The van der Waals surface area contributed by atoms with Crippen molar-refractivity contribution in [3.8, 4) is 11.1 Å². The fourth-order valence-corrected chi connectivity index (χ4v) is 7.14. The number of H-pyrrole nitrogens is 1. The van der Waals surface area contributed by atoms with Crippen molar-refractivity contribution in [3.63, 3.8) is 0 Å². The molecule has 2 aliphatic heterocycles. The molecule has 0 radical (unpaired) electrons. The van der Waals surface area contributed by atoms with Gasteiger partial charge < -0.3 is 16.0 Å². The Hall–Kier alpha value is -3.57. The highest BCUT2D eigenvalue weighted by atomic mass is 32.2. The van der Waals surface area contributed by atoms with Gasteiger partial charge in [-0.3, -0.25) is 4.79 Å². The van der Waals surface area contributed by atoms with Crippen LogP contribution in [-0.4, -0.2) is 64.3 Å². The minimum absolute atomic E-state index is 0.0692. The third-order valence-corrected chi connectivity index (χ3v) is 8.47. The summed E-state index contributed by atoms with van der Waals surface area (Å²) in [7, 11) is -8.95. The maximum Gasteiger partial charge on any atom is 0.284 e. The first-order valence-electron chi connectivity index (χ1n) is 10.7. The zero-order chi connectivity index (χ0) is 25.7. The van der Waals surface area contributed by atoms with Gasteiger partial charge in [-0.25, -0.2) is 36.7 Å². The van der Waals surface area contributed by atoms with Gasteiger partial charge in [0.05, 0.1) is 16.6 Å². The van der Waals surface area contributed by atoms with Gasteiger partial charge in [-0.2, -0.15) is 5.11 Å². The number of para-hydroxylation sites is 1. The van der Waals surface area contributed by atoms with Gasteiger partial charge in [0.2, 0.25) is 20.0 Å². The Balaban J connectivity index is 1.81. The molecule has 2 aliphatic rings. The molecule has 7 N–H and O–H groups in total. The lowest BCUT2D eigenvalue weighted by Crippen LogP contribution is -2.37. The number of hydrogen-bond donors (Lipinski definition) is 5. The second-order valence-corrected chi connectivity index (χ2v) is 11.4. The number of fused-ring (bicyclic) bond motifs is 1. The Labute approximate surface area is 205 Å². The molecule has 0 aliphatic carbocycles. The second kappa shape index (κ2) is 8.82. The molecule has 188 valence electrons. The molecule has 1 fully saturated rings. The molecule has 0 bridgehead atoms. The summed E-state index contributed by atoms with van der Waals surface area (Å²) in [4.78, 5) is 21.7.